The van der Waals surface area contributed by atoms with Crippen molar-refractivity contribution in [3.63, 3.8) is 0 Å². The highest BCUT2D eigenvalue weighted by Gasteiger charge is 2.25. The SMILES string of the molecule is Cc1nc(Cl)ccc1NC(=O)N1CCN(C(=O)c2ccc[nH]2)CC1. The highest BCUT2D eigenvalue weighted by Crippen LogP contribution is 2.17. The molecule has 0 bridgehead atoms. The molecular weight excluding hydrogens is 330 g/mol. The topological polar surface area (TPSA) is 81.3 Å². The quantitative estimate of drug-likeness (QED) is 0.818. The zero-order valence-electron chi connectivity index (χ0n) is 13.3. The molecular formula is C16H18ClN5O2. The Bertz CT molecular complexity index is 739. The molecule has 0 radical (unpaired) electrons. The third-order valence-electron chi connectivity index (χ3n) is 3.98. The maximum Gasteiger partial charge on any atom is 0.322 e. The summed E-state index contributed by atoms with van der Waals surface area (Å²) in [6, 6.07) is 6.70. The van der Waals surface area contributed by atoms with E-state index in [2.05, 4.69) is 15.3 Å². The second-order valence-corrected chi connectivity index (χ2v) is 5.95. The molecule has 0 saturated carbocycles. The number of halogens is 1. The smallest absolute Gasteiger partial charge is 0.322 e. The van der Waals surface area contributed by atoms with E-state index in [-0.39, 0.29) is 11.9 Å². The molecule has 24 heavy (non-hydrogen) atoms. The minimum Gasteiger partial charge on any atom is -0.357 e. The number of hydrogen-bond acceptors (Lipinski definition) is 3. The molecule has 1 aliphatic rings. The standard InChI is InChI=1S/C16H18ClN5O2/c1-11-12(4-5-14(17)19-11)20-16(24)22-9-7-21(8-10-22)15(23)13-3-2-6-18-13/h2-6,18H,7-10H2,1H3,(H,20,24). The molecule has 1 fully saturated rings. The maximum atomic E-state index is 12.4. The molecule has 0 aliphatic carbocycles. The van der Waals surface area contributed by atoms with Crippen LogP contribution in [0.5, 0.6) is 0 Å². The Morgan fingerprint density at radius 2 is 1.88 bits per heavy atom. The summed E-state index contributed by atoms with van der Waals surface area (Å²) < 4.78 is 0. The van der Waals surface area contributed by atoms with Crippen LogP contribution in [0.25, 0.3) is 0 Å². The summed E-state index contributed by atoms with van der Waals surface area (Å²) in [7, 11) is 0. The lowest BCUT2D eigenvalue weighted by atomic mass is 10.3. The lowest BCUT2D eigenvalue weighted by molar-refractivity contribution is 0.0666. The summed E-state index contributed by atoms with van der Waals surface area (Å²) in [5.41, 5.74) is 1.86. The van der Waals surface area contributed by atoms with E-state index in [4.69, 9.17) is 11.6 Å². The van der Waals surface area contributed by atoms with Crippen molar-refractivity contribution in [2.24, 2.45) is 0 Å². The van der Waals surface area contributed by atoms with Crippen LogP contribution in [0.3, 0.4) is 0 Å². The number of aromatic nitrogens is 2. The van der Waals surface area contributed by atoms with Gasteiger partial charge in [-0.25, -0.2) is 9.78 Å². The number of aryl methyl sites for hydroxylation is 1. The number of urea groups is 1. The summed E-state index contributed by atoms with van der Waals surface area (Å²) >= 11 is 5.82. The van der Waals surface area contributed by atoms with E-state index >= 15 is 0 Å². The van der Waals surface area contributed by atoms with Crippen molar-refractivity contribution in [3.8, 4) is 0 Å². The second kappa shape index (κ2) is 6.92. The largest absolute Gasteiger partial charge is 0.357 e. The van der Waals surface area contributed by atoms with Crippen LogP contribution in [0.4, 0.5) is 10.5 Å². The number of carbonyl (C=O) groups is 2. The van der Waals surface area contributed by atoms with Crippen molar-refractivity contribution < 1.29 is 9.59 Å². The van der Waals surface area contributed by atoms with Crippen LogP contribution >= 0.6 is 11.6 Å². The molecule has 7 nitrogen and oxygen atoms in total. The first-order chi connectivity index (χ1) is 11.5. The number of aromatic amines is 1. The summed E-state index contributed by atoms with van der Waals surface area (Å²) in [6.45, 7) is 3.76. The van der Waals surface area contributed by atoms with E-state index in [0.29, 0.717) is 48.4 Å². The monoisotopic (exact) mass is 347 g/mol. The average Bonchev–Trinajstić information content (AvgIpc) is 3.11. The minimum absolute atomic E-state index is 0.0437. The molecule has 2 aromatic rings. The Kier molecular flexibility index (Phi) is 4.71. The Hall–Kier alpha value is -2.54. The van der Waals surface area contributed by atoms with Gasteiger partial charge in [0.1, 0.15) is 10.8 Å². The van der Waals surface area contributed by atoms with Gasteiger partial charge in [0.15, 0.2) is 0 Å². The van der Waals surface area contributed by atoms with E-state index in [0.717, 1.165) is 0 Å². The minimum atomic E-state index is -0.200. The fraction of sp³-hybridized carbons (Fsp3) is 0.312. The number of pyridine rings is 1. The number of nitrogens with one attached hydrogen (secondary N) is 2. The summed E-state index contributed by atoms with van der Waals surface area (Å²) in [4.78, 5) is 35.1. The number of carbonyl (C=O) groups excluding carboxylic acids is 2. The maximum absolute atomic E-state index is 12.4. The van der Waals surface area contributed by atoms with Gasteiger partial charge in [0.2, 0.25) is 0 Å². The van der Waals surface area contributed by atoms with Crippen LogP contribution < -0.4 is 5.32 Å². The Morgan fingerprint density at radius 3 is 2.50 bits per heavy atom. The molecule has 0 spiro atoms. The van der Waals surface area contributed by atoms with Crippen molar-refractivity contribution in [1.29, 1.82) is 0 Å². The lowest BCUT2D eigenvalue weighted by Crippen LogP contribution is -2.51. The first-order valence-electron chi connectivity index (χ1n) is 7.66. The summed E-state index contributed by atoms with van der Waals surface area (Å²) in [5.74, 6) is -0.0437. The van der Waals surface area contributed by atoms with Gasteiger partial charge in [0, 0.05) is 32.4 Å². The number of nitrogens with zero attached hydrogens (tertiary/aromatic N) is 3. The predicted octanol–water partition coefficient (Wildman–Crippen LogP) is 2.36. The van der Waals surface area contributed by atoms with Gasteiger partial charge in [-0.1, -0.05) is 11.6 Å². The lowest BCUT2D eigenvalue weighted by Gasteiger charge is -2.34. The van der Waals surface area contributed by atoms with Gasteiger partial charge in [-0.15, -0.1) is 0 Å². The van der Waals surface area contributed by atoms with Crippen LogP contribution in [0.1, 0.15) is 16.2 Å². The third-order valence-corrected chi connectivity index (χ3v) is 4.19. The summed E-state index contributed by atoms with van der Waals surface area (Å²) in [6.07, 6.45) is 1.72. The fourth-order valence-electron chi connectivity index (χ4n) is 2.60. The number of rotatable bonds is 2. The van der Waals surface area contributed by atoms with Gasteiger partial charge in [-0.05, 0) is 31.2 Å². The zero-order chi connectivity index (χ0) is 17.1. The molecule has 1 aliphatic heterocycles. The van der Waals surface area contributed by atoms with Gasteiger partial charge < -0.3 is 20.1 Å². The van der Waals surface area contributed by atoms with E-state index in [1.807, 2.05) is 0 Å². The molecule has 126 valence electrons. The van der Waals surface area contributed by atoms with Gasteiger partial charge in [-0.2, -0.15) is 0 Å². The first-order valence-corrected chi connectivity index (χ1v) is 8.04. The number of piperazine rings is 1. The van der Waals surface area contributed by atoms with Crippen molar-refractivity contribution >= 4 is 29.2 Å². The van der Waals surface area contributed by atoms with Gasteiger partial charge in [0.25, 0.3) is 5.91 Å². The average molecular weight is 348 g/mol. The van der Waals surface area contributed by atoms with Crippen LogP contribution in [0.2, 0.25) is 5.15 Å². The molecule has 2 N–H and O–H groups in total. The Balaban J connectivity index is 1.56. The van der Waals surface area contributed by atoms with Crippen molar-refractivity contribution in [2.45, 2.75) is 6.92 Å². The van der Waals surface area contributed by atoms with Crippen molar-refractivity contribution in [3.05, 3.63) is 47.0 Å². The van der Waals surface area contributed by atoms with Crippen LogP contribution in [0.15, 0.2) is 30.5 Å². The molecule has 2 aromatic heterocycles. The number of hydrogen-bond donors (Lipinski definition) is 2. The molecule has 0 atom stereocenters. The van der Waals surface area contributed by atoms with E-state index in [1.54, 1.807) is 47.2 Å². The third kappa shape index (κ3) is 3.51. The zero-order valence-corrected chi connectivity index (χ0v) is 14.0. The molecule has 8 heteroatoms. The molecule has 1 saturated heterocycles. The first kappa shape index (κ1) is 16.3. The normalized spacial score (nSPS) is 14.6. The number of amides is 3. The van der Waals surface area contributed by atoms with Crippen molar-refractivity contribution in [1.82, 2.24) is 19.8 Å². The molecule has 0 aromatic carbocycles. The number of H-pyrrole nitrogens is 1. The molecule has 0 unspecified atom stereocenters. The van der Waals surface area contributed by atoms with Gasteiger partial charge in [-0.3, -0.25) is 4.79 Å². The van der Waals surface area contributed by atoms with Gasteiger partial charge >= 0.3 is 6.03 Å². The van der Waals surface area contributed by atoms with E-state index < -0.39 is 0 Å². The summed E-state index contributed by atoms with van der Waals surface area (Å²) in [5, 5.41) is 3.23. The highest BCUT2D eigenvalue weighted by molar-refractivity contribution is 6.29. The second-order valence-electron chi connectivity index (χ2n) is 5.56. The van der Waals surface area contributed by atoms with E-state index in [9.17, 15) is 9.59 Å². The van der Waals surface area contributed by atoms with Crippen LogP contribution in [-0.4, -0.2) is 57.9 Å². The Morgan fingerprint density at radius 1 is 1.17 bits per heavy atom. The molecule has 3 rings (SSSR count). The molecule has 3 amide bonds. The Labute approximate surface area is 144 Å². The van der Waals surface area contributed by atoms with Gasteiger partial charge in [0.05, 0.1) is 11.4 Å². The highest BCUT2D eigenvalue weighted by atomic mass is 35.5. The molecule has 3 heterocycles. The van der Waals surface area contributed by atoms with Crippen molar-refractivity contribution in [2.75, 3.05) is 31.5 Å². The predicted molar refractivity (Wildman–Crippen MR) is 91.3 cm³/mol. The van der Waals surface area contributed by atoms with Crippen LogP contribution in [-0.2, 0) is 0 Å². The van der Waals surface area contributed by atoms with Crippen LogP contribution in [0, 0.1) is 6.92 Å². The van der Waals surface area contributed by atoms with E-state index in [1.165, 1.54) is 0 Å². The fourth-order valence-corrected chi connectivity index (χ4v) is 2.79. The number of anilines is 1.